The predicted octanol–water partition coefficient (Wildman–Crippen LogP) is 3.08. The quantitative estimate of drug-likeness (QED) is 0.834. The maximum absolute atomic E-state index is 12.9. The molecule has 2 aromatic rings. The molecular formula is C19H28Cl2N4O2. The number of piperidine rings is 1. The number of oxazole rings is 1. The second-order valence-electron chi connectivity index (χ2n) is 7.40. The molecule has 2 fully saturated rings. The Morgan fingerprint density at radius 1 is 1.26 bits per heavy atom. The van der Waals surface area contributed by atoms with Crippen molar-refractivity contribution in [3.63, 3.8) is 0 Å². The topological polar surface area (TPSA) is 75.6 Å². The molecule has 3 heterocycles. The van der Waals surface area contributed by atoms with Crippen LogP contribution >= 0.6 is 24.8 Å². The van der Waals surface area contributed by atoms with Crippen LogP contribution in [0.15, 0.2) is 28.7 Å². The maximum atomic E-state index is 12.9. The number of carbonyl (C=O) groups excluding carboxylic acids is 1. The molecular weight excluding hydrogens is 387 g/mol. The van der Waals surface area contributed by atoms with Crippen molar-refractivity contribution in [2.45, 2.75) is 32.2 Å². The number of likely N-dealkylation sites (tertiary alicyclic amines) is 1. The molecule has 2 aliphatic heterocycles. The third-order valence-electron chi connectivity index (χ3n) is 5.68. The smallest absolute Gasteiger partial charge is 0.298 e. The van der Waals surface area contributed by atoms with E-state index in [0.29, 0.717) is 30.4 Å². The number of anilines is 1. The van der Waals surface area contributed by atoms with Crippen LogP contribution in [-0.4, -0.2) is 48.0 Å². The number of rotatable bonds is 3. The molecule has 1 amide bonds. The lowest BCUT2D eigenvalue weighted by atomic mass is 9.95. The molecule has 0 radical (unpaired) electrons. The zero-order valence-electron chi connectivity index (χ0n) is 15.5. The Labute approximate surface area is 172 Å². The number of hydrogen-bond acceptors (Lipinski definition) is 5. The minimum Gasteiger partial charge on any atom is -0.423 e. The Balaban J connectivity index is 0.00000131. The monoisotopic (exact) mass is 414 g/mol. The van der Waals surface area contributed by atoms with E-state index in [1.54, 1.807) is 0 Å². The number of hydrogen-bond donors (Lipinski definition) is 1. The lowest BCUT2D eigenvalue weighted by molar-refractivity contribution is -0.136. The Morgan fingerprint density at radius 2 is 1.96 bits per heavy atom. The summed E-state index contributed by atoms with van der Waals surface area (Å²) < 4.78 is 5.85. The molecule has 2 aliphatic rings. The Kier molecular flexibility index (Phi) is 7.37. The van der Waals surface area contributed by atoms with E-state index < -0.39 is 0 Å². The number of nitrogens with two attached hydrogens (primary N) is 1. The van der Waals surface area contributed by atoms with Crippen LogP contribution < -0.4 is 10.6 Å². The van der Waals surface area contributed by atoms with Gasteiger partial charge in [-0.1, -0.05) is 12.1 Å². The molecule has 2 unspecified atom stereocenters. The fourth-order valence-electron chi connectivity index (χ4n) is 4.17. The van der Waals surface area contributed by atoms with E-state index in [4.69, 9.17) is 10.2 Å². The Bertz CT molecular complexity index is 728. The van der Waals surface area contributed by atoms with E-state index in [9.17, 15) is 4.79 Å². The van der Waals surface area contributed by atoms with E-state index in [2.05, 4.69) is 21.7 Å². The number of para-hydroxylation sites is 2. The maximum Gasteiger partial charge on any atom is 0.298 e. The minimum atomic E-state index is 0. The fourth-order valence-corrected chi connectivity index (χ4v) is 4.17. The summed E-state index contributed by atoms with van der Waals surface area (Å²) in [5, 5.41) is 0. The molecule has 0 spiro atoms. The van der Waals surface area contributed by atoms with Gasteiger partial charge in [0.25, 0.3) is 6.01 Å². The van der Waals surface area contributed by atoms with Crippen LogP contribution in [0, 0.1) is 11.8 Å². The van der Waals surface area contributed by atoms with E-state index in [0.717, 1.165) is 50.0 Å². The number of carbonyl (C=O) groups is 1. The third kappa shape index (κ3) is 4.33. The van der Waals surface area contributed by atoms with Crippen molar-refractivity contribution < 1.29 is 9.21 Å². The van der Waals surface area contributed by atoms with Gasteiger partial charge in [-0.3, -0.25) is 4.79 Å². The predicted molar refractivity (Wildman–Crippen MR) is 112 cm³/mol. The van der Waals surface area contributed by atoms with E-state index in [1.165, 1.54) is 0 Å². The molecule has 1 aromatic heterocycles. The van der Waals surface area contributed by atoms with Gasteiger partial charge in [0.15, 0.2) is 5.58 Å². The highest BCUT2D eigenvalue weighted by atomic mass is 35.5. The van der Waals surface area contributed by atoms with Crippen molar-refractivity contribution in [2.24, 2.45) is 17.6 Å². The standard InChI is InChI=1S/C19H26N4O2.2ClH/c1-13-10-14(11-20)12-23(13)18(24)15-6-8-22(9-7-15)19-21-16-4-2-3-5-17(16)25-19;;/h2-5,13-15H,6-12,20H2,1H3;2*1H. The van der Waals surface area contributed by atoms with Crippen molar-refractivity contribution in [1.82, 2.24) is 9.88 Å². The van der Waals surface area contributed by atoms with E-state index >= 15 is 0 Å². The second-order valence-corrected chi connectivity index (χ2v) is 7.40. The molecule has 150 valence electrons. The van der Waals surface area contributed by atoms with Crippen molar-refractivity contribution >= 4 is 47.8 Å². The van der Waals surface area contributed by atoms with Crippen molar-refractivity contribution in [1.29, 1.82) is 0 Å². The second kappa shape index (κ2) is 9.13. The Morgan fingerprint density at radius 3 is 2.59 bits per heavy atom. The zero-order chi connectivity index (χ0) is 17.4. The van der Waals surface area contributed by atoms with E-state index in [-0.39, 0.29) is 30.7 Å². The summed E-state index contributed by atoms with van der Waals surface area (Å²) in [4.78, 5) is 21.7. The number of nitrogens with zero attached hydrogens (tertiary/aromatic N) is 3. The molecule has 2 atom stereocenters. The molecule has 2 saturated heterocycles. The van der Waals surface area contributed by atoms with Crippen LogP contribution in [0.5, 0.6) is 0 Å². The molecule has 0 aliphatic carbocycles. The first-order valence-corrected chi connectivity index (χ1v) is 9.26. The number of aromatic nitrogens is 1. The highest BCUT2D eigenvalue weighted by Gasteiger charge is 2.36. The SMILES string of the molecule is CC1CC(CN)CN1C(=O)C1CCN(c2nc3ccccc3o2)CC1.Cl.Cl. The molecule has 2 N–H and O–H groups in total. The summed E-state index contributed by atoms with van der Waals surface area (Å²) in [6, 6.07) is 8.80. The van der Waals surface area contributed by atoms with E-state index in [1.807, 2.05) is 24.3 Å². The molecule has 0 bridgehead atoms. The van der Waals surface area contributed by atoms with Crippen LogP contribution in [0.4, 0.5) is 6.01 Å². The molecule has 4 rings (SSSR count). The van der Waals surface area contributed by atoms with Gasteiger partial charge in [-0.2, -0.15) is 4.98 Å². The van der Waals surface area contributed by atoms with Gasteiger partial charge in [0.1, 0.15) is 5.52 Å². The average Bonchev–Trinajstić information content (AvgIpc) is 3.24. The van der Waals surface area contributed by atoms with Gasteiger partial charge in [-0.15, -0.1) is 24.8 Å². The minimum absolute atomic E-state index is 0. The van der Waals surface area contributed by atoms with Crippen molar-refractivity contribution in [3.05, 3.63) is 24.3 Å². The third-order valence-corrected chi connectivity index (χ3v) is 5.68. The van der Waals surface area contributed by atoms with Gasteiger partial charge in [0.05, 0.1) is 0 Å². The largest absolute Gasteiger partial charge is 0.423 e. The number of halogens is 2. The van der Waals surface area contributed by atoms with Gasteiger partial charge < -0.3 is 20.0 Å². The normalized spacial score (nSPS) is 23.2. The first-order chi connectivity index (χ1) is 12.2. The summed E-state index contributed by atoms with van der Waals surface area (Å²) in [5.41, 5.74) is 7.49. The van der Waals surface area contributed by atoms with Gasteiger partial charge in [-0.05, 0) is 50.8 Å². The van der Waals surface area contributed by atoms with Crippen LogP contribution in [0.3, 0.4) is 0 Å². The molecule has 27 heavy (non-hydrogen) atoms. The van der Waals surface area contributed by atoms with Crippen LogP contribution in [0.25, 0.3) is 11.1 Å². The van der Waals surface area contributed by atoms with Gasteiger partial charge in [0, 0.05) is 31.6 Å². The molecule has 0 saturated carbocycles. The first kappa shape index (κ1) is 21.8. The summed E-state index contributed by atoms with van der Waals surface area (Å²) in [6.07, 6.45) is 2.74. The van der Waals surface area contributed by atoms with Crippen LogP contribution in [-0.2, 0) is 4.79 Å². The average molecular weight is 415 g/mol. The summed E-state index contributed by atoms with van der Waals surface area (Å²) in [5.74, 6) is 0.874. The molecule has 6 nitrogen and oxygen atoms in total. The Hall–Kier alpha value is -1.50. The summed E-state index contributed by atoms with van der Waals surface area (Å²) in [7, 11) is 0. The highest BCUT2D eigenvalue weighted by Crippen LogP contribution is 2.30. The zero-order valence-corrected chi connectivity index (χ0v) is 17.2. The lowest BCUT2D eigenvalue weighted by Crippen LogP contribution is -2.44. The number of benzene rings is 1. The van der Waals surface area contributed by atoms with Gasteiger partial charge >= 0.3 is 0 Å². The van der Waals surface area contributed by atoms with Crippen LogP contribution in [0.1, 0.15) is 26.2 Å². The lowest BCUT2D eigenvalue weighted by Gasteiger charge is -2.33. The molecule has 8 heteroatoms. The van der Waals surface area contributed by atoms with Crippen molar-refractivity contribution in [3.8, 4) is 0 Å². The van der Waals surface area contributed by atoms with Gasteiger partial charge in [0.2, 0.25) is 5.91 Å². The molecule has 1 aromatic carbocycles. The fraction of sp³-hybridized carbons (Fsp3) is 0.579. The van der Waals surface area contributed by atoms with Crippen molar-refractivity contribution in [2.75, 3.05) is 31.1 Å². The van der Waals surface area contributed by atoms with Crippen LogP contribution in [0.2, 0.25) is 0 Å². The number of fused-ring (bicyclic) bond motifs is 1. The summed E-state index contributed by atoms with van der Waals surface area (Å²) >= 11 is 0. The number of amides is 1. The first-order valence-electron chi connectivity index (χ1n) is 9.26. The summed E-state index contributed by atoms with van der Waals surface area (Å²) in [6.45, 7) is 5.25. The highest BCUT2D eigenvalue weighted by molar-refractivity contribution is 5.85. The van der Waals surface area contributed by atoms with Gasteiger partial charge in [-0.25, -0.2) is 0 Å².